The molecule has 0 aliphatic rings. The van der Waals surface area contributed by atoms with Gasteiger partial charge in [-0.3, -0.25) is 0 Å². The summed E-state index contributed by atoms with van der Waals surface area (Å²) < 4.78 is 2.17. The van der Waals surface area contributed by atoms with Crippen molar-refractivity contribution in [2.45, 2.75) is 18.7 Å². The second kappa shape index (κ2) is 7.62. The zero-order chi connectivity index (χ0) is 17.8. The van der Waals surface area contributed by atoms with Crippen molar-refractivity contribution in [2.75, 3.05) is 10.8 Å². The van der Waals surface area contributed by atoms with Gasteiger partial charge in [-0.2, -0.15) is 0 Å². The van der Waals surface area contributed by atoms with E-state index in [4.69, 9.17) is 0 Å². The molecule has 0 aromatic heterocycles. The molecule has 128 valence electrons. The average Bonchev–Trinajstić information content (AvgIpc) is 2.61. The zero-order valence-electron chi connectivity index (χ0n) is 14.3. The molecule has 0 bridgehead atoms. The van der Waals surface area contributed by atoms with Crippen molar-refractivity contribution in [1.29, 1.82) is 0 Å². The van der Waals surface area contributed by atoms with Crippen LogP contribution < -0.4 is 4.31 Å². The van der Waals surface area contributed by atoms with Gasteiger partial charge in [-0.05, 0) is 59.0 Å². The molecule has 0 spiro atoms. The third-order valence-electron chi connectivity index (χ3n) is 3.85. The van der Waals surface area contributed by atoms with E-state index in [1.54, 1.807) is 30.1 Å². The third-order valence-corrected chi connectivity index (χ3v) is 4.89. The minimum absolute atomic E-state index is 0.311. The van der Waals surface area contributed by atoms with Crippen LogP contribution in [0.5, 0.6) is 0 Å². The molecule has 0 heterocycles. The van der Waals surface area contributed by atoms with Crippen molar-refractivity contribution in [3.05, 3.63) is 72.3 Å². The molecule has 25 heavy (non-hydrogen) atoms. The number of anilines is 1. The van der Waals surface area contributed by atoms with Gasteiger partial charge in [-0.1, -0.05) is 50.2 Å². The normalized spacial score (nSPS) is 11.0. The molecule has 0 fully saturated rings. The number of fused-ring (bicyclic) bond motifs is 1. The maximum Gasteiger partial charge on any atom is 0.335 e. The van der Waals surface area contributed by atoms with Gasteiger partial charge in [0.05, 0.1) is 5.56 Å². The van der Waals surface area contributed by atoms with Gasteiger partial charge in [-0.15, -0.1) is 0 Å². The largest absolute Gasteiger partial charge is 0.478 e. The van der Waals surface area contributed by atoms with Gasteiger partial charge in [-0.25, -0.2) is 4.79 Å². The summed E-state index contributed by atoms with van der Waals surface area (Å²) in [5.41, 5.74) is 1.22. The lowest BCUT2D eigenvalue weighted by Crippen LogP contribution is -2.20. The van der Waals surface area contributed by atoms with Crippen LogP contribution in [-0.2, 0) is 0 Å². The van der Waals surface area contributed by atoms with Gasteiger partial charge < -0.3 is 9.41 Å². The highest BCUT2D eigenvalue weighted by molar-refractivity contribution is 8.00. The fourth-order valence-electron chi connectivity index (χ4n) is 2.67. The molecule has 0 radical (unpaired) electrons. The maximum absolute atomic E-state index is 11.3. The summed E-state index contributed by atoms with van der Waals surface area (Å²) in [6, 6.07) is 21.8. The van der Waals surface area contributed by atoms with Crippen molar-refractivity contribution in [1.82, 2.24) is 0 Å². The lowest BCUT2D eigenvalue weighted by molar-refractivity contribution is 0.0697. The number of rotatable bonds is 6. The van der Waals surface area contributed by atoms with E-state index in [2.05, 4.69) is 48.5 Å². The molecule has 3 aromatic carbocycles. The number of aromatic carboxylic acids is 1. The standard InChI is InChI=1S/C21H21NO2S/c1-15(2)14-22(19-9-5-8-18(12-19)21(23)24)25-20-11-10-16-6-3-4-7-17(16)13-20/h3-13,15H,14H2,1-2H3,(H,23,24). The van der Waals surface area contributed by atoms with Gasteiger partial charge >= 0.3 is 5.97 Å². The van der Waals surface area contributed by atoms with Crippen molar-refractivity contribution < 1.29 is 9.90 Å². The number of carboxylic acids is 1. The highest BCUT2D eigenvalue weighted by atomic mass is 32.2. The van der Waals surface area contributed by atoms with E-state index in [1.165, 1.54) is 10.8 Å². The summed E-state index contributed by atoms with van der Waals surface area (Å²) in [6.07, 6.45) is 0. The van der Waals surface area contributed by atoms with Crippen LogP contribution in [-0.4, -0.2) is 17.6 Å². The Morgan fingerprint density at radius 2 is 1.76 bits per heavy atom. The lowest BCUT2D eigenvalue weighted by atomic mass is 10.1. The Bertz CT molecular complexity index is 892. The molecule has 0 amide bonds. The Balaban J connectivity index is 1.92. The molecule has 3 aromatic rings. The van der Waals surface area contributed by atoms with Crippen LogP contribution in [0.1, 0.15) is 24.2 Å². The smallest absolute Gasteiger partial charge is 0.335 e. The van der Waals surface area contributed by atoms with E-state index in [-0.39, 0.29) is 0 Å². The average molecular weight is 351 g/mol. The Labute approximate surface area is 152 Å². The van der Waals surface area contributed by atoms with Crippen LogP contribution >= 0.6 is 11.9 Å². The fraction of sp³-hybridized carbons (Fsp3) is 0.190. The van der Waals surface area contributed by atoms with Crippen LogP contribution in [0.15, 0.2) is 71.6 Å². The SMILES string of the molecule is CC(C)CN(Sc1ccc2ccccc2c1)c1cccc(C(=O)O)c1. The van der Waals surface area contributed by atoms with Crippen LogP contribution in [0.3, 0.4) is 0 Å². The van der Waals surface area contributed by atoms with Crippen molar-refractivity contribution in [3.63, 3.8) is 0 Å². The summed E-state index contributed by atoms with van der Waals surface area (Å²) >= 11 is 1.65. The number of hydrogen-bond donors (Lipinski definition) is 1. The summed E-state index contributed by atoms with van der Waals surface area (Å²) in [4.78, 5) is 12.4. The van der Waals surface area contributed by atoms with Gasteiger partial charge in [0, 0.05) is 17.1 Å². The van der Waals surface area contributed by atoms with Crippen molar-refractivity contribution in [2.24, 2.45) is 5.92 Å². The van der Waals surface area contributed by atoms with Gasteiger partial charge in [0.2, 0.25) is 0 Å². The van der Waals surface area contributed by atoms with E-state index in [9.17, 15) is 9.90 Å². The maximum atomic E-state index is 11.3. The summed E-state index contributed by atoms with van der Waals surface area (Å²) in [6.45, 7) is 5.16. The van der Waals surface area contributed by atoms with Crippen LogP contribution in [0.4, 0.5) is 5.69 Å². The number of nitrogens with zero attached hydrogens (tertiary/aromatic N) is 1. The number of carboxylic acid groups (broad SMARTS) is 1. The first-order chi connectivity index (χ1) is 12.0. The monoisotopic (exact) mass is 351 g/mol. The van der Waals surface area contributed by atoms with E-state index in [0.29, 0.717) is 11.5 Å². The third kappa shape index (κ3) is 4.34. The highest BCUT2D eigenvalue weighted by Gasteiger charge is 2.13. The molecule has 3 nitrogen and oxygen atoms in total. The topological polar surface area (TPSA) is 40.5 Å². The fourth-order valence-corrected chi connectivity index (χ4v) is 3.83. The summed E-state index contributed by atoms with van der Waals surface area (Å²) in [7, 11) is 0. The van der Waals surface area contributed by atoms with Gasteiger partial charge in [0.15, 0.2) is 0 Å². The van der Waals surface area contributed by atoms with Gasteiger partial charge in [0.25, 0.3) is 0 Å². The number of carbonyl (C=O) groups is 1. The van der Waals surface area contributed by atoms with E-state index >= 15 is 0 Å². The molecule has 0 saturated carbocycles. The summed E-state index contributed by atoms with van der Waals surface area (Å²) in [5, 5.41) is 11.7. The molecule has 0 aliphatic carbocycles. The van der Waals surface area contributed by atoms with Crippen molar-refractivity contribution in [3.8, 4) is 0 Å². The molecule has 0 atom stereocenters. The zero-order valence-corrected chi connectivity index (χ0v) is 15.2. The second-order valence-corrected chi connectivity index (χ2v) is 7.51. The second-order valence-electron chi connectivity index (χ2n) is 6.41. The Hall–Kier alpha value is -2.46. The minimum atomic E-state index is -0.901. The van der Waals surface area contributed by atoms with E-state index < -0.39 is 5.97 Å². The van der Waals surface area contributed by atoms with Gasteiger partial charge in [0.1, 0.15) is 0 Å². The quantitative estimate of drug-likeness (QED) is 0.578. The number of benzene rings is 3. The molecule has 0 unspecified atom stereocenters. The minimum Gasteiger partial charge on any atom is -0.478 e. The number of hydrogen-bond acceptors (Lipinski definition) is 3. The Morgan fingerprint density at radius 1 is 1.00 bits per heavy atom. The van der Waals surface area contributed by atoms with E-state index in [1.807, 2.05) is 18.2 Å². The van der Waals surface area contributed by atoms with E-state index in [0.717, 1.165) is 17.1 Å². The molecule has 3 rings (SSSR count). The Kier molecular flexibility index (Phi) is 5.29. The first-order valence-electron chi connectivity index (χ1n) is 8.30. The lowest BCUT2D eigenvalue weighted by Gasteiger charge is -2.25. The summed E-state index contributed by atoms with van der Waals surface area (Å²) in [5.74, 6) is -0.441. The molecule has 0 aliphatic heterocycles. The van der Waals surface area contributed by atoms with Crippen LogP contribution in [0.25, 0.3) is 10.8 Å². The molecule has 4 heteroatoms. The van der Waals surface area contributed by atoms with Crippen LogP contribution in [0, 0.1) is 5.92 Å². The molecular formula is C21H21NO2S. The Morgan fingerprint density at radius 3 is 2.48 bits per heavy atom. The molecular weight excluding hydrogens is 330 g/mol. The molecule has 1 N–H and O–H groups in total. The predicted octanol–water partition coefficient (Wildman–Crippen LogP) is 5.71. The first kappa shape index (κ1) is 17.4. The predicted molar refractivity (Wildman–Crippen MR) is 105 cm³/mol. The van der Waals surface area contributed by atoms with Crippen molar-refractivity contribution >= 4 is 34.4 Å². The first-order valence-corrected chi connectivity index (χ1v) is 9.08. The molecule has 0 saturated heterocycles. The highest BCUT2D eigenvalue weighted by Crippen LogP contribution is 2.32. The van der Waals surface area contributed by atoms with Crippen LogP contribution in [0.2, 0.25) is 0 Å².